The normalized spacial score (nSPS) is 30.8. The van der Waals surface area contributed by atoms with Gasteiger partial charge in [0.05, 0.1) is 0 Å². The molecule has 0 aromatic heterocycles. The van der Waals surface area contributed by atoms with Crippen LogP contribution in [0.25, 0.3) is 0 Å². The molecule has 0 spiro atoms. The SMILES string of the molecule is OC[C@@H]1C2c3ccccc3C(c3ccccc32)[C@@H]1S. The summed E-state index contributed by atoms with van der Waals surface area (Å²) in [6, 6.07) is 17.3. The van der Waals surface area contributed by atoms with E-state index in [1.165, 1.54) is 22.3 Å². The molecule has 2 aromatic carbocycles. The first kappa shape index (κ1) is 11.6. The van der Waals surface area contributed by atoms with Crippen molar-refractivity contribution >= 4 is 12.6 Å². The van der Waals surface area contributed by atoms with E-state index in [2.05, 4.69) is 48.5 Å². The Morgan fingerprint density at radius 2 is 1.21 bits per heavy atom. The molecule has 2 atom stereocenters. The molecule has 2 bridgehead atoms. The number of hydrogen-bond donors (Lipinski definition) is 2. The van der Waals surface area contributed by atoms with Crippen LogP contribution in [0.4, 0.5) is 0 Å². The molecule has 3 aliphatic carbocycles. The van der Waals surface area contributed by atoms with Gasteiger partial charge in [-0.05, 0) is 22.3 Å². The van der Waals surface area contributed by atoms with Crippen molar-refractivity contribution in [2.45, 2.75) is 17.1 Å². The minimum atomic E-state index is 0.206. The van der Waals surface area contributed by atoms with Crippen LogP contribution < -0.4 is 0 Å². The number of aliphatic hydroxyl groups is 1. The van der Waals surface area contributed by atoms with E-state index in [1.54, 1.807) is 0 Å². The van der Waals surface area contributed by atoms with Crippen molar-refractivity contribution in [2.24, 2.45) is 5.92 Å². The fourth-order valence-corrected chi connectivity index (χ4v) is 4.56. The summed E-state index contributed by atoms with van der Waals surface area (Å²) in [5, 5.41) is 9.99. The van der Waals surface area contributed by atoms with Crippen LogP contribution in [0.15, 0.2) is 48.5 Å². The topological polar surface area (TPSA) is 20.2 Å². The van der Waals surface area contributed by atoms with E-state index in [-0.39, 0.29) is 17.8 Å². The Balaban J connectivity index is 2.03. The number of fused-ring (bicyclic) bond motifs is 1. The quantitative estimate of drug-likeness (QED) is 0.761. The van der Waals surface area contributed by atoms with Gasteiger partial charge in [-0.1, -0.05) is 48.5 Å². The van der Waals surface area contributed by atoms with Gasteiger partial charge in [-0.25, -0.2) is 0 Å². The third-order valence-electron chi connectivity index (χ3n) is 4.75. The number of benzene rings is 2. The molecular weight excluding hydrogens is 252 g/mol. The number of aliphatic hydroxyl groups excluding tert-OH is 1. The summed E-state index contributed by atoms with van der Waals surface area (Å²) in [5.41, 5.74) is 5.57. The highest BCUT2D eigenvalue weighted by Crippen LogP contribution is 2.56. The molecular formula is C17H16OS. The molecule has 3 aliphatic rings. The Hall–Kier alpha value is -1.25. The van der Waals surface area contributed by atoms with Crippen LogP contribution in [0.3, 0.4) is 0 Å². The molecule has 19 heavy (non-hydrogen) atoms. The summed E-state index contributed by atoms with van der Waals surface area (Å²) in [5.74, 6) is 0.834. The summed E-state index contributed by atoms with van der Waals surface area (Å²) in [4.78, 5) is 0. The zero-order valence-corrected chi connectivity index (χ0v) is 11.4. The average molecular weight is 268 g/mol. The number of hydrogen-bond acceptors (Lipinski definition) is 2. The highest BCUT2D eigenvalue weighted by molar-refractivity contribution is 7.81. The molecule has 0 heterocycles. The Morgan fingerprint density at radius 1 is 0.789 bits per heavy atom. The van der Waals surface area contributed by atoms with Gasteiger partial charge < -0.3 is 5.11 Å². The Bertz CT molecular complexity index is 589. The summed E-state index contributed by atoms with van der Waals surface area (Å²) >= 11 is 4.83. The molecule has 1 N–H and O–H groups in total. The summed E-state index contributed by atoms with van der Waals surface area (Å²) in [6.45, 7) is 0.206. The summed E-state index contributed by atoms with van der Waals surface area (Å²) in [6.07, 6.45) is 0. The van der Waals surface area contributed by atoms with Gasteiger partial charge in [-0.15, -0.1) is 0 Å². The maximum Gasteiger partial charge on any atom is 0.0479 e. The lowest BCUT2D eigenvalue weighted by Crippen LogP contribution is -2.42. The Morgan fingerprint density at radius 3 is 1.63 bits per heavy atom. The monoisotopic (exact) mass is 268 g/mol. The largest absolute Gasteiger partial charge is 0.396 e. The van der Waals surface area contributed by atoms with Crippen LogP contribution in [-0.2, 0) is 0 Å². The van der Waals surface area contributed by atoms with Crippen molar-refractivity contribution in [1.29, 1.82) is 0 Å². The lowest BCUT2D eigenvalue weighted by molar-refractivity contribution is 0.192. The first-order chi connectivity index (χ1) is 9.33. The Kier molecular flexibility index (Phi) is 2.51. The van der Waals surface area contributed by atoms with Crippen molar-refractivity contribution in [3.8, 4) is 0 Å². The predicted molar refractivity (Wildman–Crippen MR) is 79.9 cm³/mol. The van der Waals surface area contributed by atoms with Crippen LogP contribution in [0, 0.1) is 5.92 Å². The second kappa shape index (κ2) is 4.12. The fourth-order valence-electron chi connectivity index (χ4n) is 3.98. The first-order valence-corrected chi connectivity index (χ1v) is 7.31. The maximum absolute atomic E-state index is 9.79. The molecule has 1 nitrogen and oxygen atoms in total. The third-order valence-corrected chi connectivity index (χ3v) is 5.43. The van der Waals surface area contributed by atoms with E-state index in [0.717, 1.165) is 0 Å². The average Bonchev–Trinajstić information content (AvgIpc) is 2.47. The predicted octanol–water partition coefficient (Wildman–Crippen LogP) is 3.18. The lowest BCUT2D eigenvalue weighted by Gasteiger charge is -2.48. The van der Waals surface area contributed by atoms with E-state index < -0.39 is 0 Å². The van der Waals surface area contributed by atoms with Crippen molar-refractivity contribution < 1.29 is 5.11 Å². The number of thiol groups is 1. The van der Waals surface area contributed by atoms with E-state index in [0.29, 0.717) is 11.8 Å². The van der Waals surface area contributed by atoms with Crippen molar-refractivity contribution in [2.75, 3.05) is 6.61 Å². The molecule has 0 saturated heterocycles. The van der Waals surface area contributed by atoms with E-state index in [4.69, 9.17) is 12.6 Å². The zero-order valence-electron chi connectivity index (χ0n) is 10.5. The molecule has 2 aromatic rings. The smallest absolute Gasteiger partial charge is 0.0479 e. The van der Waals surface area contributed by atoms with Gasteiger partial charge in [-0.2, -0.15) is 12.6 Å². The molecule has 0 unspecified atom stereocenters. The second-order valence-electron chi connectivity index (χ2n) is 5.55. The minimum absolute atomic E-state index is 0.206. The molecule has 0 amide bonds. The van der Waals surface area contributed by atoms with Crippen LogP contribution in [-0.4, -0.2) is 17.0 Å². The maximum atomic E-state index is 9.79. The first-order valence-electron chi connectivity index (χ1n) is 6.79. The van der Waals surface area contributed by atoms with Gasteiger partial charge in [0.15, 0.2) is 0 Å². The van der Waals surface area contributed by atoms with Gasteiger partial charge in [0, 0.05) is 29.6 Å². The van der Waals surface area contributed by atoms with Crippen molar-refractivity contribution in [3.05, 3.63) is 70.8 Å². The minimum Gasteiger partial charge on any atom is -0.396 e. The third kappa shape index (κ3) is 1.41. The van der Waals surface area contributed by atoms with E-state index in [9.17, 15) is 5.11 Å². The van der Waals surface area contributed by atoms with Gasteiger partial charge in [-0.3, -0.25) is 0 Å². The summed E-state index contributed by atoms with van der Waals surface area (Å²) in [7, 11) is 0. The standard InChI is InChI=1S/C17H16OS/c18-9-14-15-10-5-1-3-7-12(10)16(17(14)19)13-8-4-2-6-11(13)15/h1-8,14-19H,9H2/t14-,15?,16?,17-/m1/s1. The number of rotatable bonds is 1. The van der Waals surface area contributed by atoms with Crippen molar-refractivity contribution in [1.82, 2.24) is 0 Å². The summed E-state index contributed by atoms with van der Waals surface area (Å²) < 4.78 is 0. The molecule has 96 valence electrons. The lowest BCUT2D eigenvalue weighted by atomic mass is 9.59. The van der Waals surface area contributed by atoms with Crippen molar-refractivity contribution in [3.63, 3.8) is 0 Å². The van der Waals surface area contributed by atoms with Gasteiger partial charge in [0.1, 0.15) is 0 Å². The van der Waals surface area contributed by atoms with E-state index >= 15 is 0 Å². The molecule has 0 aliphatic heterocycles. The molecule has 2 heteroatoms. The zero-order chi connectivity index (χ0) is 13.0. The molecule has 5 rings (SSSR count). The highest BCUT2D eigenvalue weighted by atomic mass is 32.1. The van der Waals surface area contributed by atoms with Gasteiger partial charge in [0.25, 0.3) is 0 Å². The highest BCUT2D eigenvalue weighted by Gasteiger charge is 2.47. The van der Waals surface area contributed by atoms with E-state index in [1.807, 2.05) is 0 Å². The van der Waals surface area contributed by atoms with Crippen LogP contribution in [0.1, 0.15) is 34.1 Å². The van der Waals surface area contributed by atoms with Gasteiger partial charge >= 0.3 is 0 Å². The fraction of sp³-hybridized carbons (Fsp3) is 0.294. The molecule has 0 radical (unpaired) electrons. The second-order valence-corrected chi connectivity index (χ2v) is 6.15. The van der Waals surface area contributed by atoms with Crippen LogP contribution in [0.2, 0.25) is 0 Å². The van der Waals surface area contributed by atoms with Crippen LogP contribution in [0.5, 0.6) is 0 Å². The van der Waals surface area contributed by atoms with Gasteiger partial charge in [0.2, 0.25) is 0 Å². The van der Waals surface area contributed by atoms with Crippen LogP contribution >= 0.6 is 12.6 Å². The molecule has 0 fully saturated rings. The molecule has 0 saturated carbocycles. The Labute approximate surface area is 118 Å².